The van der Waals surface area contributed by atoms with Crippen molar-refractivity contribution in [2.45, 2.75) is 19.4 Å². The minimum Gasteiger partial charge on any atom is -0.493 e. The van der Waals surface area contributed by atoms with E-state index in [2.05, 4.69) is 33.5 Å². The summed E-state index contributed by atoms with van der Waals surface area (Å²) in [7, 11) is 1.94. The molecule has 1 unspecified atom stereocenters. The lowest BCUT2D eigenvalue weighted by Crippen LogP contribution is -2.20. The largest absolute Gasteiger partial charge is 0.493 e. The molecule has 0 spiro atoms. The van der Waals surface area contributed by atoms with Crippen LogP contribution in [-0.2, 0) is 6.42 Å². The first kappa shape index (κ1) is 12.1. The lowest BCUT2D eigenvalue weighted by Gasteiger charge is -2.19. The van der Waals surface area contributed by atoms with Crippen LogP contribution in [0.3, 0.4) is 0 Å². The Kier molecular flexibility index (Phi) is 3.17. The van der Waals surface area contributed by atoms with Gasteiger partial charge in [0.05, 0.1) is 18.3 Å². The number of nitrogens with zero attached hydrogens (tertiary/aromatic N) is 2. The van der Waals surface area contributed by atoms with Gasteiger partial charge in [-0.3, -0.25) is 0 Å². The maximum atomic E-state index is 5.78. The molecule has 0 radical (unpaired) electrons. The predicted molar refractivity (Wildman–Crippen MR) is 73.3 cm³/mol. The normalized spacial score (nSPS) is 14.8. The summed E-state index contributed by atoms with van der Waals surface area (Å²) in [6, 6.07) is 8.30. The lowest BCUT2D eigenvalue weighted by molar-refractivity contribution is 0.351. The Balaban J connectivity index is 2.06. The molecule has 0 saturated carbocycles. The van der Waals surface area contributed by atoms with E-state index in [0.717, 1.165) is 35.9 Å². The number of aromatic nitrogens is 2. The van der Waals surface area contributed by atoms with Gasteiger partial charge >= 0.3 is 0 Å². The fraction of sp³-hybridized carbons (Fsp3) is 0.333. The van der Waals surface area contributed by atoms with Crippen LogP contribution in [0, 0.1) is 6.92 Å². The van der Waals surface area contributed by atoms with E-state index < -0.39 is 0 Å². The van der Waals surface area contributed by atoms with Crippen molar-refractivity contribution in [2.24, 2.45) is 0 Å². The van der Waals surface area contributed by atoms with Gasteiger partial charge in [-0.15, -0.1) is 0 Å². The van der Waals surface area contributed by atoms with Crippen molar-refractivity contribution in [1.82, 2.24) is 15.3 Å². The molecule has 4 nitrogen and oxygen atoms in total. The number of nitrogens with one attached hydrogen (secondary N) is 1. The Morgan fingerprint density at radius 2 is 2.21 bits per heavy atom. The molecule has 1 atom stereocenters. The molecule has 0 fully saturated rings. The van der Waals surface area contributed by atoms with E-state index in [1.807, 2.05) is 20.0 Å². The number of para-hydroxylation sites is 1. The second kappa shape index (κ2) is 4.97. The van der Waals surface area contributed by atoms with Crippen molar-refractivity contribution in [3.63, 3.8) is 0 Å². The lowest BCUT2D eigenvalue weighted by atomic mass is 9.99. The zero-order chi connectivity index (χ0) is 13.2. The summed E-state index contributed by atoms with van der Waals surface area (Å²) in [6.45, 7) is 2.67. The molecular formula is C15H17N3O. The molecule has 0 aliphatic carbocycles. The van der Waals surface area contributed by atoms with Crippen molar-refractivity contribution in [3.05, 3.63) is 53.1 Å². The Bertz CT molecular complexity index is 598. The number of benzene rings is 1. The Labute approximate surface area is 112 Å². The summed E-state index contributed by atoms with van der Waals surface area (Å²) in [5.74, 6) is 1.80. The van der Waals surface area contributed by atoms with Crippen LogP contribution in [0.5, 0.6) is 5.75 Å². The maximum absolute atomic E-state index is 5.78. The van der Waals surface area contributed by atoms with Crippen molar-refractivity contribution >= 4 is 0 Å². The van der Waals surface area contributed by atoms with Gasteiger partial charge < -0.3 is 10.1 Å². The highest BCUT2D eigenvalue weighted by molar-refractivity contribution is 5.47. The smallest absolute Gasteiger partial charge is 0.127 e. The van der Waals surface area contributed by atoms with Crippen LogP contribution in [0.2, 0.25) is 0 Å². The van der Waals surface area contributed by atoms with Crippen molar-refractivity contribution in [1.29, 1.82) is 0 Å². The van der Waals surface area contributed by atoms with Crippen LogP contribution in [0.4, 0.5) is 0 Å². The van der Waals surface area contributed by atoms with Crippen molar-refractivity contribution in [2.75, 3.05) is 13.7 Å². The summed E-state index contributed by atoms with van der Waals surface area (Å²) < 4.78 is 5.78. The highest BCUT2D eigenvalue weighted by Crippen LogP contribution is 2.35. The standard InChI is InChI=1S/C15H17N3O/c1-10-17-8-6-13(18-10)14(16-2)12-5-3-4-11-7-9-19-15(11)12/h3-6,8,14,16H,7,9H2,1-2H3. The van der Waals surface area contributed by atoms with Gasteiger partial charge in [0.2, 0.25) is 0 Å². The molecule has 1 aliphatic rings. The predicted octanol–water partition coefficient (Wildman–Crippen LogP) is 2.03. The van der Waals surface area contributed by atoms with E-state index in [1.54, 1.807) is 6.20 Å². The molecule has 1 aromatic carbocycles. The first-order valence-electron chi connectivity index (χ1n) is 6.51. The average Bonchev–Trinajstić information content (AvgIpc) is 2.89. The van der Waals surface area contributed by atoms with Crippen molar-refractivity contribution < 1.29 is 4.74 Å². The van der Waals surface area contributed by atoms with Gasteiger partial charge in [0.25, 0.3) is 0 Å². The van der Waals surface area contributed by atoms with E-state index >= 15 is 0 Å². The van der Waals surface area contributed by atoms with E-state index in [9.17, 15) is 0 Å². The molecule has 19 heavy (non-hydrogen) atoms. The topological polar surface area (TPSA) is 47.0 Å². The molecule has 1 N–H and O–H groups in total. The minimum absolute atomic E-state index is 0.0368. The molecule has 3 rings (SSSR count). The monoisotopic (exact) mass is 255 g/mol. The van der Waals surface area contributed by atoms with Crippen LogP contribution >= 0.6 is 0 Å². The minimum atomic E-state index is 0.0368. The van der Waals surface area contributed by atoms with Crippen LogP contribution in [0.1, 0.15) is 28.7 Å². The second-order valence-corrected chi connectivity index (χ2v) is 4.68. The van der Waals surface area contributed by atoms with Gasteiger partial charge in [-0.05, 0) is 25.6 Å². The number of ether oxygens (including phenoxy) is 1. The van der Waals surface area contributed by atoms with E-state index in [1.165, 1.54) is 5.56 Å². The van der Waals surface area contributed by atoms with Crippen LogP contribution in [-0.4, -0.2) is 23.6 Å². The molecule has 0 amide bonds. The highest BCUT2D eigenvalue weighted by atomic mass is 16.5. The fourth-order valence-corrected chi connectivity index (χ4v) is 2.57. The number of hydrogen-bond acceptors (Lipinski definition) is 4. The van der Waals surface area contributed by atoms with Gasteiger partial charge in [0.15, 0.2) is 0 Å². The summed E-state index contributed by atoms with van der Waals surface area (Å²) in [5.41, 5.74) is 3.40. The molecule has 1 aromatic heterocycles. The van der Waals surface area contributed by atoms with Gasteiger partial charge in [-0.1, -0.05) is 18.2 Å². The first-order chi connectivity index (χ1) is 9.29. The number of fused-ring (bicyclic) bond motifs is 1. The SMILES string of the molecule is CNC(c1ccnc(C)n1)c1cccc2c1OCC2. The Hall–Kier alpha value is -1.94. The third-order valence-corrected chi connectivity index (χ3v) is 3.44. The average molecular weight is 255 g/mol. The molecule has 1 aliphatic heterocycles. The summed E-state index contributed by atoms with van der Waals surface area (Å²) in [4.78, 5) is 8.67. The molecule has 98 valence electrons. The van der Waals surface area contributed by atoms with Gasteiger partial charge in [0.1, 0.15) is 11.6 Å². The van der Waals surface area contributed by atoms with Crippen molar-refractivity contribution in [3.8, 4) is 5.75 Å². The molecular weight excluding hydrogens is 238 g/mol. The number of hydrogen-bond donors (Lipinski definition) is 1. The number of aryl methyl sites for hydroxylation is 1. The zero-order valence-corrected chi connectivity index (χ0v) is 11.2. The van der Waals surface area contributed by atoms with Gasteiger partial charge in [-0.2, -0.15) is 0 Å². The first-order valence-corrected chi connectivity index (χ1v) is 6.51. The molecule has 4 heteroatoms. The highest BCUT2D eigenvalue weighted by Gasteiger charge is 2.23. The number of rotatable bonds is 3. The quantitative estimate of drug-likeness (QED) is 0.911. The molecule has 2 heterocycles. The molecule has 0 saturated heterocycles. The third kappa shape index (κ3) is 2.19. The molecule has 0 bridgehead atoms. The van der Waals surface area contributed by atoms with Crippen LogP contribution in [0.25, 0.3) is 0 Å². The molecule has 2 aromatic rings. The zero-order valence-electron chi connectivity index (χ0n) is 11.2. The second-order valence-electron chi connectivity index (χ2n) is 4.68. The Morgan fingerprint density at radius 1 is 1.32 bits per heavy atom. The third-order valence-electron chi connectivity index (χ3n) is 3.44. The van der Waals surface area contributed by atoms with E-state index in [-0.39, 0.29) is 6.04 Å². The Morgan fingerprint density at radius 3 is 3.00 bits per heavy atom. The summed E-state index contributed by atoms with van der Waals surface area (Å²) >= 11 is 0. The van der Waals surface area contributed by atoms with Crippen LogP contribution < -0.4 is 10.1 Å². The van der Waals surface area contributed by atoms with Gasteiger partial charge in [0, 0.05) is 18.2 Å². The summed E-state index contributed by atoms with van der Waals surface area (Å²) in [5, 5.41) is 3.32. The van der Waals surface area contributed by atoms with Crippen LogP contribution in [0.15, 0.2) is 30.5 Å². The van der Waals surface area contributed by atoms with E-state index in [4.69, 9.17) is 4.74 Å². The fourth-order valence-electron chi connectivity index (χ4n) is 2.57. The van der Waals surface area contributed by atoms with E-state index in [0.29, 0.717) is 0 Å². The van der Waals surface area contributed by atoms with Gasteiger partial charge in [-0.25, -0.2) is 9.97 Å². The summed E-state index contributed by atoms with van der Waals surface area (Å²) in [6.07, 6.45) is 2.79. The maximum Gasteiger partial charge on any atom is 0.127 e.